The zero-order chi connectivity index (χ0) is 20.9. The number of rotatable bonds is 9. The summed E-state index contributed by atoms with van der Waals surface area (Å²) >= 11 is 0. The molecule has 0 saturated heterocycles. The molecule has 0 aliphatic carbocycles. The molecule has 154 valence electrons. The van der Waals surface area contributed by atoms with E-state index in [-0.39, 0.29) is 16.3 Å². The molecule has 0 atom stereocenters. The van der Waals surface area contributed by atoms with Gasteiger partial charge in [-0.3, -0.25) is 0 Å². The van der Waals surface area contributed by atoms with E-state index in [2.05, 4.69) is 4.72 Å². The molecule has 1 aromatic heterocycles. The Bertz CT molecular complexity index is 1170. The number of ether oxygens (including phenoxy) is 1. The maximum absolute atomic E-state index is 12.5. The molecule has 0 radical (unpaired) electrons. The van der Waals surface area contributed by atoms with Gasteiger partial charge in [0.2, 0.25) is 10.0 Å². The minimum absolute atomic E-state index is 0.0453. The van der Waals surface area contributed by atoms with E-state index in [1.54, 1.807) is 18.4 Å². The Morgan fingerprint density at radius 3 is 2.31 bits per heavy atom. The largest absolute Gasteiger partial charge is 0.467 e. The molecule has 1 heterocycles. The molecule has 9 heteroatoms. The summed E-state index contributed by atoms with van der Waals surface area (Å²) in [6, 6.07) is 16.2. The quantitative estimate of drug-likeness (QED) is 0.554. The highest BCUT2D eigenvalue weighted by Gasteiger charge is 2.17. The molecule has 3 rings (SSSR count). The third kappa shape index (κ3) is 6.01. The molecule has 3 aromatic rings. The second kappa shape index (κ2) is 8.91. The Morgan fingerprint density at radius 2 is 1.59 bits per heavy atom. The summed E-state index contributed by atoms with van der Waals surface area (Å²) in [4.78, 5) is -0.144. The summed E-state index contributed by atoms with van der Waals surface area (Å²) in [6.07, 6.45) is 2.61. The minimum atomic E-state index is -3.86. The van der Waals surface area contributed by atoms with Gasteiger partial charge in [0.05, 0.1) is 22.7 Å². The maximum atomic E-state index is 12.5. The lowest BCUT2D eigenvalue weighted by Crippen LogP contribution is -2.23. The topological polar surface area (TPSA) is 103 Å². The third-order valence-corrected chi connectivity index (χ3v) is 6.60. The zero-order valence-electron chi connectivity index (χ0n) is 15.7. The van der Waals surface area contributed by atoms with Gasteiger partial charge >= 0.3 is 0 Å². The van der Waals surface area contributed by atoms with Crippen molar-refractivity contribution in [3.8, 4) is 0 Å². The Labute approximate surface area is 170 Å². The molecular weight excluding hydrogens is 414 g/mol. The highest BCUT2D eigenvalue weighted by molar-refractivity contribution is 7.91. The van der Waals surface area contributed by atoms with E-state index < -0.39 is 19.9 Å². The zero-order valence-corrected chi connectivity index (χ0v) is 17.4. The third-order valence-electron chi connectivity index (χ3n) is 4.09. The van der Waals surface area contributed by atoms with Crippen molar-refractivity contribution < 1.29 is 26.0 Å². The van der Waals surface area contributed by atoms with Gasteiger partial charge in [-0.05, 0) is 41.5 Å². The van der Waals surface area contributed by atoms with Crippen LogP contribution in [0.5, 0.6) is 0 Å². The van der Waals surface area contributed by atoms with E-state index in [1.807, 2.05) is 24.3 Å². The van der Waals surface area contributed by atoms with Gasteiger partial charge in [-0.25, -0.2) is 21.6 Å². The fraction of sp³-hybridized carbons (Fsp3) is 0.200. The van der Waals surface area contributed by atoms with E-state index in [1.165, 1.54) is 18.2 Å². The van der Waals surface area contributed by atoms with E-state index in [0.29, 0.717) is 13.2 Å². The Hall–Kier alpha value is -2.46. The SMILES string of the molecule is CS(=O)(=O)c1cccc(S(=O)(=O)NCc2cccc(COCc3ccco3)c2)c1. The molecule has 0 saturated carbocycles. The second-order valence-electron chi connectivity index (χ2n) is 6.46. The average molecular weight is 436 g/mol. The number of sulfone groups is 1. The van der Waals surface area contributed by atoms with E-state index in [4.69, 9.17) is 9.15 Å². The van der Waals surface area contributed by atoms with Crippen molar-refractivity contribution in [2.45, 2.75) is 29.5 Å². The molecule has 0 aliphatic heterocycles. The van der Waals surface area contributed by atoms with Crippen LogP contribution in [0.1, 0.15) is 16.9 Å². The summed E-state index contributed by atoms with van der Waals surface area (Å²) in [7, 11) is -7.36. The van der Waals surface area contributed by atoms with Crippen LogP contribution in [0.15, 0.2) is 81.1 Å². The number of benzene rings is 2. The van der Waals surface area contributed by atoms with Gasteiger partial charge in [0.15, 0.2) is 9.84 Å². The molecule has 7 nitrogen and oxygen atoms in total. The van der Waals surface area contributed by atoms with Crippen LogP contribution in [-0.2, 0) is 44.4 Å². The number of nitrogens with one attached hydrogen (secondary N) is 1. The fourth-order valence-electron chi connectivity index (χ4n) is 2.63. The van der Waals surface area contributed by atoms with Crippen molar-refractivity contribution in [2.24, 2.45) is 0 Å². The molecule has 0 unspecified atom stereocenters. The van der Waals surface area contributed by atoms with Crippen LogP contribution in [0.3, 0.4) is 0 Å². The van der Waals surface area contributed by atoms with Crippen LogP contribution in [0.2, 0.25) is 0 Å². The van der Waals surface area contributed by atoms with Crippen molar-refractivity contribution >= 4 is 19.9 Å². The standard InChI is InChI=1S/C20H21NO6S2/c1-28(22,23)19-8-3-9-20(12-19)29(24,25)21-13-16-5-2-6-17(11-16)14-26-15-18-7-4-10-27-18/h2-12,21H,13-15H2,1H3. The van der Waals surface area contributed by atoms with Crippen molar-refractivity contribution in [3.63, 3.8) is 0 Å². The van der Waals surface area contributed by atoms with Crippen molar-refractivity contribution in [1.29, 1.82) is 0 Å². The highest BCUT2D eigenvalue weighted by Crippen LogP contribution is 2.16. The van der Waals surface area contributed by atoms with Crippen LogP contribution >= 0.6 is 0 Å². The Balaban J connectivity index is 1.63. The number of sulfonamides is 1. The highest BCUT2D eigenvalue weighted by atomic mass is 32.2. The molecule has 29 heavy (non-hydrogen) atoms. The predicted octanol–water partition coefficient (Wildman–Crippen LogP) is 2.88. The summed E-state index contributed by atoms with van der Waals surface area (Å²) in [5.41, 5.74) is 1.65. The smallest absolute Gasteiger partial charge is 0.240 e. The Kier molecular flexibility index (Phi) is 6.53. The van der Waals surface area contributed by atoms with Gasteiger partial charge in [0.25, 0.3) is 0 Å². The lowest BCUT2D eigenvalue weighted by atomic mass is 10.1. The molecule has 0 aliphatic rings. The van der Waals surface area contributed by atoms with E-state index in [0.717, 1.165) is 29.2 Å². The molecule has 1 N–H and O–H groups in total. The van der Waals surface area contributed by atoms with Gasteiger partial charge in [0, 0.05) is 12.8 Å². The van der Waals surface area contributed by atoms with Crippen molar-refractivity contribution in [3.05, 3.63) is 83.8 Å². The molecule has 0 amide bonds. The van der Waals surface area contributed by atoms with E-state index >= 15 is 0 Å². The van der Waals surface area contributed by atoms with Crippen LogP contribution < -0.4 is 4.72 Å². The molecule has 2 aromatic carbocycles. The fourth-order valence-corrected chi connectivity index (χ4v) is 4.43. The first-order valence-corrected chi connectivity index (χ1v) is 12.1. The van der Waals surface area contributed by atoms with Crippen molar-refractivity contribution in [1.82, 2.24) is 4.72 Å². The first-order valence-electron chi connectivity index (χ1n) is 8.72. The van der Waals surface area contributed by atoms with Gasteiger partial charge in [-0.1, -0.05) is 30.3 Å². The lowest BCUT2D eigenvalue weighted by Gasteiger charge is -2.09. The molecular formula is C20H21NO6S2. The monoisotopic (exact) mass is 435 g/mol. The van der Waals surface area contributed by atoms with Crippen LogP contribution in [0.4, 0.5) is 0 Å². The molecule has 0 fully saturated rings. The van der Waals surface area contributed by atoms with Crippen molar-refractivity contribution in [2.75, 3.05) is 6.26 Å². The summed E-state index contributed by atoms with van der Waals surface area (Å²) < 4.78 is 61.7. The summed E-state index contributed by atoms with van der Waals surface area (Å²) in [5, 5.41) is 0. The first kappa shape index (κ1) is 21.3. The van der Waals surface area contributed by atoms with Crippen LogP contribution in [0.25, 0.3) is 0 Å². The normalized spacial score (nSPS) is 12.2. The minimum Gasteiger partial charge on any atom is -0.467 e. The summed E-state index contributed by atoms with van der Waals surface area (Å²) in [6.45, 7) is 0.774. The summed E-state index contributed by atoms with van der Waals surface area (Å²) in [5.74, 6) is 0.727. The van der Waals surface area contributed by atoms with Crippen LogP contribution in [-0.4, -0.2) is 23.1 Å². The van der Waals surface area contributed by atoms with Gasteiger partial charge in [-0.2, -0.15) is 0 Å². The number of hydrogen-bond acceptors (Lipinski definition) is 6. The number of furan rings is 1. The van der Waals surface area contributed by atoms with Gasteiger partial charge < -0.3 is 9.15 Å². The van der Waals surface area contributed by atoms with E-state index in [9.17, 15) is 16.8 Å². The lowest BCUT2D eigenvalue weighted by molar-refractivity contribution is 0.0929. The van der Waals surface area contributed by atoms with Gasteiger partial charge in [0.1, 0.15) is 12.4 Å². The number of hydrogen-bond donors (Lipinski definition) is 1. The molecule has 0 spiro atoms. The van der Waals surface area contributed by atoms with Crippen LogP contribution in [0, 0.1) is 0 Å². The molecule has 0 bridgehead atoms. The maximum Gasteiger partial charge on any atom is 0.240 e. The Morgan fingerprint density at radius 1 is 0.862 bits per heavy atom. The van der Waals surface area contributed by atoms with Gasteiger partial charge in [-0.15, -0.1) is 0 Å². The average Bonchev–Trinajstić information content (AvgIpc) is 3.20. The second-order valence-corrected chi connectivity index (χ2v) is 10.2. The first-order chi connectivity index (χ1) is 13.7. The predicted molar refractivity (Wildman–Crippen MR) is 107 cm³/mol.